The van der Waals surface area contributed by atoms with Gasteiger partial charge < -0.3 is 15.0 Å². The maximum atomic E-state index is 12.1. The van der Waals surface area contributed by atoms with Crippen molar-refractivity contribution in [2.24, 2.45) is 0 Å². The standard InChI is InChI=1S/C22H22N2O3/c1-27-20-8-4-7-18(16-20)22(26)23-14-5-6-17-10-12-19(13-11-17)24-15-3-2-9-21(24)25/h4,7-8,10-13,16H,2-3,9,14-15H2,1H3,(H,23,26). The Bertz CT molecular complexity index is 878. The van der Waals surface area contributed by atoms with E-state index in [1.54, 1.807) is 31.4 Å². The first kappa shape index (κ1) is 18.5. The van der Waals surface area contributed by atoms with E-state index in [2.05, 4.69) is 17.2 Å². The van der Waals surface area contributed by atoms with Crippen LogP contribution in [0.25, 0.3) is 0 Å². The lowest BCUT2D eigenvalue weighted by atomic mass is 10.1. The number of nitrogens with zero attached hydrogens (tertiary/aromatic N) is 1. The lowest BCUT2D eigenvalue weighted by Crippen LogP contribution is -2.35. The molecule has 1 aliphatic heterocycles. The Balaban J connectivity index is 1.54. The maximum absolute atomic E-state index is 12.1. The third-order valence-electron chi connectivity index (χ3n) is 4.40. The van der Waals surface area contributed by atoms with Crippen LogP contribution in [0.3, 0.4) is 0 Å². The number of rotatable bonds is 4. The van der Waals surface area contributed by atoms with Crippen molar-refractivity contribution in [1.82, 2.24) is 5.32 Å². The predicted octanol–water partition coefficient (Wildman–Crippen LogP) is 2.99. The molecular weight excluding hydrogens is 340 g/mol. The van der Waals surface area contributed by atoms with Crippen molar-refractivity contribution in [2.75, 3.05) is 25.1 Å². The molecule has 5 heteroatoms. The molecule has 0 spiro atoms. The molecule has 1 N–H and O–H groups in total. The molecule has 0 bridgehead atoms. The van der Waals surface area contributed by atoms with E-state index in [0.29, 0.717) is 17.7 Å². The van der Waals surface area contributed by atoms with Crippen molar-refractivity contribution in [3.05, 3.63) is 59.7 Å². The summed E-state index contributed by atoms with van der Waals surface area (Å²) in [6.45, 7) is 1.03. The Kier molecular flexibility index (Phi) is 6.11. The average molecular weight is 362 g/mol. The van der Waals surface area contributed by atoms with Gasteiger partial charge in [-0.3, -0.25) is 9.59 Å². The molecule has 1 fully saturated rings. The second-order valence-electron chi connectivity index (χ2n) is 6.27. The topological polar surface area (TPSA) is 58.6 Å². The summed E-state index contributed by atoms with van der Waals surface area (Å²) in [4.78, 5) is 25.9. The van der Waals surface area contributed by atoms with Crippen molar-refractivity contribution in [3.8, 4) is 17.6 Å². The molecule has 0 aromatic heterocycles. The molecule has 3 rings (SSSR count). The summed E-state index contributed by atoms with van der Waals surface area (Å²) in [6, 6.07) is 14.6. The van der Waals surface area contributed by atoms with Gasteiger partial charge >= 0.3 is 0 Å². The normalized spacial score (nSPS) is 13.5. The van der Waals surface area contributed by atoms with Gasteiger partial charge in [0.1, 0.15) is 5.75 Å². The number of hydrogen-bond acceptors (Lipinski definition) is 3. The van der Waals surface area contributed by atoms with Crippen LogP contribution in [-0.4, -0.2) is 32.0 Å². The summed E-state index contributed by atoms with van der Waals surface area (Å²) < 4.78 is 5.12. The summed E-state index contributed by atoms with van der Waals surface area (Å²) in [5.41, 5.74) is 2.29. The minimum Gasteiger partial charge on any atom is -0.497 e. The number of piperidine rings is 1. The molecule has 0 saturated carbocycles. The molecule has 2 aromatic carbocycles. The smallest absolute Gasteiger partial charge is 0.252 e. The minimum atomic E-state index is -0.192. The highest BCUT2D eigenvalue weighted by Crippen LogP contribution is 2.21. The molecule has 138 valence electrons. The van der Waals surface area contributed by atoms with Gasteiger partial charge in [-0.05, 0) is 55.3 Å². The van der Waals surface area contributed by atoms with Crippen LogP contribution in [0.5, 0.6) is 5.75 Å². The highest BCUT2D eigenvalue weighted by atomic mass is 16.5. The molecular formula is C22H22N2O3. The van der Waals surface area contributed by atoms with E-state index in [0.717, 1.165) is 30.6 Å². The number of anilines is 1. The van der Waals surface area contributed by atoms with Crippen molar-refractivity contribution in [2.45, 2.75) is 19.3 Å². The number of carbonyl (C=O) groups excluding carboxylic acids is 2. The predicted molar refractivity (Wildman–Crippen MR) is 105 cm³/mol. The molecule has 5 nitrogen and oxygen atoms in total. The third kappa shape index (κ3) is 4.89. The summed E-state index contributed by atoms with van der Waals surface area (Å²) in [5.74, 6) is 6.60. The second kappa shape index (κ2) is 8.91. The highest BCUT2D eigenvalue weighted by Gasteiger charge is 2.19. The molecule has 1 aliphatic rings. The number of hydrogen-bond donors (Lipinski definition) is 1. The van der Waals surface area contributed by atoms with Crippen LogP contribution in [0.1, 0.15) is 35.2 Å². The lowest BCUT2D eigenvalue weighted by Gasteiger charge is -2.26. The fourth-order valence-electron chi connectivity index (χ4n) is 2.94. The first-order chi connectivity index (χ1) is 13.2. The quantitative estimate of drug-likeness (QED) is 0.851. The number of amides is 2. The summed E-state index contributed by atoms with van der Waals surface area (Å²) in [6.07, 6.45) is 2.63. The molecule has 0 aliphatic carbocycles. The van der Waals surface area contributed by atoms with E-state index in [4.69, 9.17) is 4.74 Å². The Morgan fingerprint density at radius 3 is 2.74 bits per heavy atom. The second-order valence-corrected chi connectivity index (χ2v) is 6.27. The minimum absolute atomic E-state index is 0.181. The van der Waals surface area contributed by atoms with Gasteiger partial charge in [0.2, 0.25) is 5.91 Å². The average Bonchev–Trinajstić information content (AvgIpc) is 2.72. The van der Waals surface area contributed by atoms with Crippen LogP contribution in [0.2, 0.25) is 0 Å². The molecule has 2 amide bonds. The molecule has 1 heterocycles. The number of methoxy groups -OCH3 is 1. The van der Waals surface area contributed by atoms with Gasteiger partial charge in [0.15, 0.2) is 0 Å². The van der Waals surface area contributed by atoms with Crippen LogP contribution in [0.15, 0.2) is 48.5 Å². The zero-order valence-corrected chi connectivity index (χ0v) is 15.3. The van der Waals surface area contributed by atoms with Crippen LogP contribution in [0.4, 0.5) is 5.69 Å². The van der Waals surface area contributed by atoms with Crippen molar-refractivity contribution >= 4 is 17.5 Å². The highest BCUT2D eigenvalue weighted by molar-refractivity contribution is 5.95. The molecule has 1 saturated heterocycles. The lowest BCUT2D eigenvalue weighted by molar-refractivity contribution is -0.119. The Hall–Kier alpha value is -3.26. The SMILES string of the molecule is COc1cccc(C(=O)NCC#Cc2ccc(N3CCCCC3=O)cc2)c1. The van der Waals surface area contributed by atoms with Crippen LogP contribution in [0, 0.1) is 11.8 Å². The maximum Gasteiger partial charge on any atom is 0.252 e. The Morgan fingerprint density at radius 1 is 1.19 bits per heavy atom. The van der Waals surface area contributed by atoms with Gasteiger partial charge in [0, 0.05) is 29.8 Å². The van der Waals surface area contributed by atoms with Crippen molar-refractivity contribution in [1.29, 1.82) is 0 Å². The number of ether oxygens (including phenoxy) is 1. The fraction of sp³-hybridized carbons (Fsp3) is 0.273. The Morgan fingerprint density at radius 2 is 2.00 bits per heavy atom. The first-order valence-electron chi connectivity index (χ1n) is 8.99. The van der Waals surface area contributed by atoms with Gasteiger partial charge in [0.25, 0.3) is 5.91 Å². The van der Waals surface area contributed by atoms with E-state index in [1.165, 1.54) is 0 Å². The van der Waals surface area contributed by atoms with Crippen molar-refractivity contribution in [3.63, 3.8) is 0 Å². The summed E-state index contributed by atoms with van der Waals surface area (Å²) in [5, 5.41) is 2.77. The molecule has 27 heavy (non-hydrogen) atoms. The first-order valence-corrected chi connectivity index (χ1v) is 8.99. The monoisotopic (exact) mass is 362 g/mol. The zero-order chi connectivity index (χ0) is 19.1. The van der Waals surface area contributed by atoms with Gasteiger partial charge in [-0.25, -0.2) is 0 Å². The zero-order valence-electron chi connectivity index (χ0n) is 15.3. The van der Waals surface area contributed by atoms with E-state index in [9.17, 15) is 9.59 Å². The molecule has 0 radical (unpaired) electrons. The number of carbonyl (C=O) groups is 2. The molecule has 0 unspecified atom stereocenters. The molecule has 2 aromatic rings. The van der Waals surface area contributed by atoms with Gasteiger partial charge in [0.05, 0.1) is 13.7 Å². The Labute approximate surface area is 159 Å². The van der Waals surface area contributed by atoms with Gasteiger partial charge in [-0.1, -0.05) is 17.9 Å². The van der Waals surface area contributed by atoms with Crippen LogP contribution < -0.4 is 15.0 Å². The molecule has 0 atom stereocenters. The van der Waals surface area contributed by atoms with Crippen molar-refractivity contribution < 1.29 is 14.3 Å². The van der Waals surface area contributed by atoms with E-state index >= 15 is 0 Å². The van der Waals surface area contributed by atoms with E-state index in [1.807, 2.05) is 29.2 Å². The summed E-state index contributed by atoms with van der Waals surface area (Å²) >= 11 is 0. The van der Waals surface area contributed by atoms with E-state index < -0.39 is 0 Å². The summed E-state index contributed by atoms with van der Waals surface area (Å²) in [7, 11) is 1.56. The van der Waals surface area contributed by atoms with Crippen LogP contribution in [-0.2, 0) is 4.79 Å². The van der Waals surface area contributed by atoms with Crippen LogP contribution >= 0.6 is 0 Å². The van der Waals surface area contributed by atoms with E-state index in [-0.39, 0.29) is 18.4 Å². The van der Waals surface area contributed by atoms with Gasteiger partial charge in [-0.2, -0.15) is 0 Å². The van der Waals surface area contributed by atoms with Gasteiger partial charge in [-0.15, -0.1) is 0 Å². The largest absolute Gasteiger partial charge is 0.497 e. The third-order valence-corrected chi connectivity index (χ3v) is 4.40. The fourth-order valence-corrected chi connectivity index (χ4v) is 2.94. The number of benzene rings is 2. The number of nitrogens with one attached hydrogen (secondary N) is 1.